The van der Waals surface area contributed by atoms with Gasteiger partial charge in [-0.2, -0.15) is 15.0 Å². The SMILES string of the molecule is COc1cc(Nc2nc(NCc3ccncc3)nc(-c3ccccc3)n2)ccc1-c1cnco1. The zero-order chi connectivity index (χ0) is 23.2. The number of aromatic nitrogens is 5. The molecule has 0 aliphatic heterocycles. The number of oxazole rings is 1. The summed E-state index contributed by atoms with van der Waals surface area (Å²) >= 11 is 0. The van der Waals surface area contributed by atoms with Crippen LogP contribution < -0.4 is 15.4 Å². The maximum Gasteiger partial charge on any atom is 0.232 e. The van der Waals surface area contributed by atoms with Crippen molar-refractivity contribution in [1.82, 2.24) is 24.9 Å². The molecule has 0 aliphatic carbocycles. The molecule has 2 aromatic carbocycles. The van der Waals surface area contributed by atoms with Crippen LogP contribution in [0.1, 0.15) is 5.56 Å². The van der Waals surface area contributed by atoms with Gasteiger partial charge in [0.15, 0.2) is 18.0 Å². The molecule has 5 aromatic rings. The van der Waals surface area contributed by atoms with Crippen LogP contribution in [0.5, 0.6) is 5.75 Å². The van der Waals surface area contributed by atoms with Crippen molar-refractivity contribution in [2.24, 2.45) is 0 Å². The van der Waals surface area contributed by atoms with E-state index in [9.17, 15) is 0 Å². The standard InChI is InChI=1S/C25H21N7O2/c1-33-21-13-19(7-8-20(21)22-15-27-16-34-22)29-25-31-23(18-5-3-2-4-6-18)30-24(32-25)28-14-17-9-11-26-12-10-17/h2-13,15-16H,14H2,1H3,(H2,28,29,30,31,32). The van der Waals surface area contributed by atoms with Crippen LogP contribution in [0.4, 0.5) is 17.6 Å². The van der Waals surface area contributed by atoms with Gasteiger partial charge in [0.25, 0.3) is 0 Å². The highest BCUT2D eigenvalue weighted by molar-refractivity contribution is 5.71. The van der Waals surface area contributed by atoms with Crippen LogP contribution in [0.15, 0.2) is 90.1 Å². The minimum atomic E-state index is 0.403. The topological polar surface area (TPSA) is 111 Å². The summed E-state index contributed by atoms with van der Waals surface area (Å²) in [6.45, 7) is 0.555. The first-order valence-corrected chi connectivity index (χ1v) is 10.6. The Labute approximate surface area is 195 Å². The molecule has 2 N–H and O–H groups in total. The largest absolute Gasteiger partial charge is 0.496 e. The fourth-order valence-corrected chi connectivity index (χ4v) is 3.36. The average molecular weight is 451 g/mol. The smallest absolute Gasteiger partial charge is 0.232 e. The van der Waals surface area contributed by atoms with Gasteiger partial charge in [-0.1, -0.05) is 30.3 Å². The van der Waals surface area contributed by atoms with Gasteiger partial charge in [-0.25, -0.2) is 4.98 Å². The molecule has 0 radical (unpaired) electrons. The van der Waals surface area contributed by atoms with E-state index in [-0.39, 0.29) is 0 Å². The Bertz CT molecular complexity index is 1360. The molecule has 0 atom stereocenters. The van der Waals surface area contributed by atoms with E-state index in [0.717, 1.165) is 22.4 Å². The van der Waals surface area contributed by atoms with Gasteiger partial charge in [0.2, 0.25) is 11.9 Å². The van der Waals surface area contributed by atoms with Crippen LogP contribution >= 0.6 is 0 Å². The van der Waals surface area contributed by atoms with Gasteiger partial charge in [-0.3, -0.25) is 4.98 Å². The van der Waals surface area contributed by atoms with Gasteiger partial charge < -0.3 is 19.8 Å². The second kappa shape index (κ2) is 9.78. The number of anilines is 3. The maximum atomic E-state index is 5.55. The zero-order valence-electron chi connectivity index (χ0n) is 18.3. The summed E-state index contributed by atoms with van der Waals surface area (Å²) < 4.78 is 11.0. The highest BCUT2D eigenvalue weighted by Gasteiger charge is 2.13. The number of nitrogens with one attached hydrogen (secondary N) is 2. The molecule has 9 heteroatoms. The minimum absolute atomic E-state index is 0.403. The molecular formula is C25H21N7O2. The Kier molecular flexibility index (Phi) is 6.06. The van der Waals surface area contributed by atoms with Crippen molar-refractivity contribution in [3.63, 3.8) is 0 Å². The zero-order valence-corrected chi connectivity index (χ0v) is 18.3. The summed E-state index contributed by atoms with van der Waals surface area (Å²) in [5.41, 5.74) is 3.51. The van der Waals surface area contributed by atoms with Crippen LogP contribution in [0, 0.1) is 0 Å². The lowest BCUT2D eigenvalue weighted by Gasteiger charge is -2.12. The van der Waals surface area contributed by atoms with E-state index in [1.807, 2.05) is 60.7 Å². The molecule has 0 amide bonds. The van der Waals surface area contributed by atoms with E-state index >= 15 is 0 Å². The molecule has 0 saturated carbocycles. The predicted molar refractivity (Wildman–Crippen MR) is 129 cm³/mol. The second-order valence-corrected chi connectivity index (χ2v) is 7.29. The third-order valence-electron chi connectivity index (χ3n) is 5.02. The highest BCUT2D eigenvalue weighted by Crippen LogP contribution is 2.33. The van der Waals surface area contributed by atoms with Gasteiger partial charge >= 0.3 is 0 Å². The summed E-state index contributed by atoms with van der Waals surface area (Å²) in [4.78, 5) is 21.8. The third kappa shape index (κ3) is 4.83. The first-order valence-electron chi connectivity index (χ1n) is 10.6. The molecule has 0 saturated heterocycles. The van der Waals surface area contributed by atoms with Crippen LogP contribution in [0.2, 0.25) is 0 Å². The van der Waals surface area contributed by atoms with E-state index in [1.165, 1.54) is 6.39 Å². The Balaban J connectivity index is 1.45. The molecule has 3 aromatic heterocycles. The number of nitrogens with zero attached hydrogens (tertiary/aromatic N) is 5. The molecule has 0 aliphatic rings. The number of hydrogen-bond acceptors (Lipinski definition) is 9. The van der Waals surface area contributed by atoms with Gasteiger partial charge in [0, 0.05) is 36.3 Å². The summed E-state index contributed by atoms with van der Waals surface area (Å²) in [6.07, 6.45) is 6.53. The molecule has 0 unspecified atom stereocenters. The fourth-order valence-electron chi connectivity index (χ4n) is 3.36. The number of methoxy groups -OCH3 is 1. The normalized spacial score (nSPS) is 10.6. The van der Waals surface area contributed by atoms with Crippen molar-refractivity contribution in [3.05, 3.63) is 91.2 Å². The Morgan fingerprint density at radius 1 is 0.882 bits per heavy atom. The predicted octanol–water partition coefficient (Wildman–Crippen LogP) is 4.95. The summed E-state index contributed by atoms with van der Waals surface area (Å²) in [6, 6.07) is 19.3. The van der Waals surface area contributed by atoms with Crippen molar-refractivity contribution in [2.75, 3.05) is 17.7 Å². The van der Waals surface area contributed by atoms with E-state index in [4.69, 9.17) is 9.15 Å². The van der Waals surface area contributed by atoms with Gasteiger partial charge in [-0.15, -0.1) is 0 Å². The first-order chi connectivity index (χ1) is 16.8. The molecule has 9 nitrogen and oxygen atoms in total. The number of benzene rings is 2. The monoisotopic (exact) mass is 451 g/mol. The molecule has 5 rings (SSSR count). The molecule has 168 valence electrons. The molecular weight excluding hydrogens is 430 g/mol. The van der Waals surface area contributed by atoms with Crippen molar-refractivity contribution < 1.29 is 9.15 Å². The third-order valence-corrected chi connectivity index (χ3v) is 5.02. The average Bonchev–Trinajstić information content (AvgIpc) is 3.43. The Morgan fingerprint density at radius 2 is 1.71 bits per heavy atom. The summed E-state index contributed by atoms with van der Waals surface area (Å²) in [5, 5.41) is 6.53. The van der Waals surface area contributed by atoms with Crippen molar-refractivity contribution in [1.29, 1.82) is 0 Å². The van der Waals surface area contributed by atoms with Crippen molar-refractivity contribution >= 4 is 17.6 Å². The minimum Gasteiger partial charge on any atom is -0.496 e. The molecule has 0 bridgehead atoms. The number of rotatable bonds is 8. The van der Waals surface area contributed by atoms with Crippen molar-refractivity contribution in [2.45, 2.75) is 6.54 Å². The molecule has 0 fully saturated rings. The lowest BCUT2D eigenvalue weighted by Crippen LogP contribution is -2.08. The number of ether oxygens (including phenoxy) is 1. The van der Waals surface area contributed by atoms with E-state index in [1.54, 1.807) is 25.7 Å². The lowest BCUT2D eigenvalue weighted by atomic mass is 10.1. The number of pyridine rings is 1. The van der Waals surface area contributed by atoms with Crippen LogP contribution in [0.25, 0.3) is 22.7 Å². The van der Waals surface area contributed by atoms with Gasteiger partial charge in [0.1, 0.15) is 5.75 Å². The first kappa shape index (κ1) is 21.1. The van der Waals surface area contributed by atoms with Crippen LogP contribution in [-0.4, -0.2) is 32.0 Å². The Morgan fingerprint density at radius 3 is 2.47 bits per heavy atom. The second-order valence-electron chi connectivity index (χ2n) is 7.29. The van der Waals surface area contributed by atoms with E-state index in [2.05, 4.69) is 35.6 Å². The Hall–Kier alpha value is -4.79. The quantitative estimate of drug-likeness (QED) is 0.338. The summed E-state index contributed by atoms with van der Waals surface area (Å²) in [7, 11) is 1.61. The van der Waals surface area contributed by atoms with E-state index in [0.29, 0.717) is 35.8 Å². The number of hydrogen-bond donors (Lipinski definition) is 2. The van der Waals surface area contributed by atoms with Gasteiger partial charge in [0.05, 0.1) is 18.9 Å². The van der Waals surface area contributed by atoms with Crippen LogP contribution in [0.3, 0.4) is 0 Å². The molecule has 34 heavy (non-hydrogen) atoms. The fraction of sp³-hybridized carbons (Fsp3) is 0.0800. The summed E-state index contributed by atoms with van der Waals surface area (Å²) in [5.74, 6) is 2.67. The molecule has 3 heterocycles. The van der Waals surface area contributed by atoms with E-state index < -0.39 is 0 Å². The van der Waals surface area contributed by atoms with Gasteiger partial charge in [-0.05, 0) is 29.8 Å². The maximum absolute atomic E-state index is 5.55. The highest BCUT2D eigenvalue weighted by atomic mass is 16.5. The van der Waals surface area contributed by atoms with Crippen molar-refractivity contribution in [3.8, 4) is 28.5 Å². The lowest BCUT2D eigenvalue weighted by molar-refractivity contribution is 0.415. The molecule has 0 spiro atoms. The van der Waals surface area contributed by atoms with Crippen LogP contribution in [-0.2, 0) is 6.54 Å².